The van der Waals surface area contributed by atoms with Gasteiger partial charge < -0.3 is 4.40 Å². The van der Waals surface area contributed by atoms with Gasteiger partial charge in [0.2, 0.25) is 0 Å². The average molecular weight is 271 g/mol. The maximum atomic E-state index is 8.79. The third-order valence-corrected chi connectivity index (χ3v) is 3.18. The highest BCUT2D eigenvalue weighted by molar-refractivity contribution is 5.62. The predicted molar refractivity (Wildman–Crippen MR) is 81.8 cm³/mol. The summed E-state index contributed by atoms with van der Waals surface area (Å²) in [6, 6.07) is 11.4. The van der Waals surface area contributed by atoms with Gasteiger partial charge in [0.15, 0.2) is 0 Å². The van der Waals surface area contributed by atoms with E-state index in [1.54, 1.807) is 12.1 Å². The van der Waals surface area contributed by atoms with E-state index in [9.17, 15) is 0 Å². The fraction of sp³-hybridized carbons (Fsp3) is 0.111. The molecule has 0 saturated heterocycles. The van der Waals surface area contributed by atoms with Crippen LogP contribution in [0.5, 0.6) is 0 Å². The molecule has 0 aliphatic heterocycles. The van der Waals surface area contributed by atoms with Gasteiger partial charge in [0.1, 0.15) is 5.69 Å². The summed E-state index contributed by atoms with van der Waals surface area (Å²) in [6.45, 7) is 4.02. The molecule has 0 radical (unpaired) electrons. The van der Waals surface area contributed by atoms with E-state index in [1.807, 2.05) is 25.3 Å². The van der Waals surface area contributed by atoms with Crippen LogP contribution in [0.3, 0.4) is 0 Å². The minimum Gasteiger partial charge on any atom is -0.319 e. The minimum atomic E-state index is 0.638. The van der Waals surface area contributed by atoms with Gasteiger partial charge in [-0.3, -0.25) is 0 Å². The Morgan fingerprint density at radius 3 is 2.43 bits per heavy atom. The molecule has 3 rings (SSSR count). The van der Waals surface area contributed by atoms with Crippen LogP contribution < -0.4 is 0 Å². The van der Waals surface area contributed by atoms with Crippen molar-refractivity contribution in [1.82, 2.24) is 9.38 Å². The number of aromatic nitrogens is 2. The highest BCUT2D eigenvalue weighted by Crippen LogP contribution is 2.13. The first-order valence-electron chi connectivity index (χ1n) is 6.64. The summed E-state index contributed by atoms with van der Waals surface area (Å²) in [5, 5.41) is 8.79. The highest BCUT2D eigenvalue weighted by Gasteiger charge is 2.03. The number of aryl methyl sites for hydroxylation is 2. The van der Waals surface area contributed by atoms with E-state index in [1.165, 1.54) is 5.56 Å². The van der Waals surface area contributed by atoms with Gasteiger partial charge in [-0.1, -0.05) is 5.92 Å². The van der Waals surface area contributed by atoms with Crippen LogP contribution in [0.15, 0.2) is 42.7 Å². The summed E-state index contributed by atoms with van der Waals surface area (Å²) in [5.41, 5.74) is 5.41. The number of hydrogen-bond donors (Lipinski definition) is 0. The largest absolute Gasteiger partial charge is 0.319 e. The monoisotopic (exact) mass is 271 g/mol. The lowest BCUT2D eigenvalue weighted by molar-refractivity contribution is 1.06. The summed E-state index contributed by atoms with van der Waals surface area (Å²) < 4.78 is 2.06. The van der Waals surface area contributed by atoms with Gasteiger partial charge in [-0.25, -0.2) is 4.98 Å². The maximum Gasteiger partial charge on any atom is 0.137 e. The maximum absolute atomic E-state index is 8.79. The molecule has 3 heteroatoms. The van der Waals surface area contributed by atoms with E-state index in [4.69, 9.17) is 5.26 Å². The predicted octanol–water partition coefficient (Wildman–Crippen LogP) is 3.22. The first kappa shape index (κ1) is 13.0. The third-order valence-electron chi connectivity index (χ3n) is 3.18. The van der Waals surface area contributed by atoms with Crippen LogP contribution in [0.2, 0.25) is 0 Å². The number of fused-ring (bicyclic) bond motifs is 1. The van der Waals surface area contributed by atoms with Crippen molar-refractivity contribution >= 4 is 5.52 Å². The normalized spacial score (nSPS) is 9.95. The topological polar surface area (TPSA) is 41.1 Å². The van der Waals surface area contributed by atoms with Crippen molar-refractivity contribution in [3.63, 3.8) is 0 Å². The molecule has 0 amide bonds. The Hall–Kier alpha value is -3.04. The lowest BCUT2D eigenvalue weighted by Gasteiger charge is -1.99. The van der Waals surface area contributed by atoms with Crippen molar-refractivity contribution in [2.45, 2.75) is 13.8 Å². The first-order valence-corrected chi connectivity index (χ1v) is 6.64. The van der Waals surface area contributed by atoms with Crippen molar-refractivity contribution in [1.29, 1.82) is 5.26 Å². The molecule has 0 saturated carbocycles. The Labute approximate surface area is 123 Å². The number of nitrogens with zero attached hydrogens (tertiary/aromatic N) is 3. The molecule has 0 N–H and O–H groups in total. The standard InChI is InChI=1S/C18H13N3/c1-13-9-18-17(20-14(2)12-21(18)11-13)8-7-15-3-5-16(10-19)6-4-15/h3-6,9,11-12H,1-2H3. The second kappa shape index (κ2) is 5.15. The lowest BCUT2D eigenvalue weighted by Crippen LogP contribution is -1.94. The zero-order valence-electron chi connectivity index (χ0n) is 11.9. The van der Waals surface area contributed by atoms with Crippen molar-refractivity contribution in [3.8, 4) is 17.9 Å². The molecule has 0 bridgehead atoms. The van der Waals surface area contributed by atoms with Gasteiger partial charge in [-0.05, 0) is 55.7 Å². The van der Waals surface area contributed by atoms with E-state index < -0.39 is 0 Å². The third kappa shape index (κ3) is 2.63. The van der Waals surface area contributed by atoms with Crippen LogP contribution in [0.4, 0.5) is 0 Å². The van der Waals surface area contributed by atoms with E-state index in [-0.39, 0.29) is 0 Å². The molecule has 1 aromatic carbocycles. The molecular weight excluding hydrogens is 258 g/mol. The number of benzene rings is 1. The lowest BCUT2D eigenvalue weighted by atomic mass is 10.1. The molecule has 3 aromatic rings. The van der Waals surface area contributed by atoms with E-state index >= 15 is 0 Å². The van der Waals surface area contributed by atoms with Crippen LogP contribution in [0.25, 0.3) is 5.52 Å². The summed E-state index contributed by atoms with van der Waals surface area (Å²) in [6.07, 6.45) is 4.06. The second-order valence-electron chi connectivity index (χ2n) is 4.98. The number of hydrogen-bond acceptors (Lipinski definition) is 2. The van der Waals surface area contributed by atoms with Crippen LogP contribution >= 0.6 is 0 Å². The van der Waals surface area contributed by atoms with Gasteiger partial charge in [0.25, 0.3) is 0 Å². The smallest absolute Gasteiger partial charge is 0.137 e. The van der Waals surface area contributed by atoms with E-state index in [0.29, 0.717) is 5.56 Å². The molecular formula is C18H13N3. The van der Waals surface area contributed by atoms with Crippen LogP contribution in [0, 0.1) is 37.0 Å². The zero-order valence-corrected chi connectivity index (χ0v) is 11.9. The molecule has 0 unspecified atom stereocenters. The van der Waals surface area contributed by atoms with Crippen LogP contribution in [-0.4, -0.2) is 9.38 Å². The summed E-state index contributed by atoms with van der Waals surface area (Å²) in [5.74, 6) is 6.24. The minimum absolute atomic E-state index is 0.638. The van der Waals surface area contributed by atoms with E-state index in [0.717, 1.165) is 22.5 Å². The summed E-state index contributed by atoms with van der Waals surface area (Å²) in [7, 11) is 0. The summed E-state index contributed by atoms with van der Waals surface area (Å²) >= 11 is 0. The van der Waals surface area contributed by atoms with Gasteiger partial charge in [0, 0.05) is 18.0 Å². The Bertz CT molecular complexity index is 913. The molecule has 2 heterocycles. The van der Waals surface area contributed by atoms with Gasteiger partial charge in [0.05, 0.1) is 22.8 Å². The molecule has 0 aliphatic rings. The highest BCUT2D eigenvalue weighted by atomic mass is 14.9. The van der Waals surface area contributed by atoms with Gasteiger partial charge >= 0.3 is 0 Å². The number of nitriles is 1. The zero-order chi connectivity index (χ0) is 14.8. The Kier molecular flexibility index (Phi) is 3.18. The van der Waals surface area contributed by atoms with Gasteiger partial charge in [-0.2, -0.15) is 5.26 Å². The Balaban J connectivity index is 2.05. The average Bonchev–Trinajstić information content (AvgIpc) is 2.85. The molecule has 100 valence electrons. The van der Waals surface area contributed by atoms with Crippen molar-refractivity contribution in [2.24, 2.45) is 0 Å². The fourth-order valence-electron chi connectivity index (χ4n) is 2.23. The molecule has 2 aromatic heterocycles. The molecule has 3 nitrogen and oxygen atoms in total. The Morgan fingerprint density at radius 2 is 1.71 bits per heavy atom. The fourth-order valence-corrected chi connectivity index (χ4v) is 2.23. The van der Waals surface area contributed by atoms with Gasteiger partial charge in [-0.15, -0.1) is 0 Å². The van der Waals surface area contributed by atoms with Crippen LogP contribution in [-0.2, 0) is 0 Å². The molecule has 0 fully saturated rings. The first-order chi connectivity index (χ1) is 10.2. The van der Waals surface area contributed by atoms with E-state index in [2.05, 4.69) is 46.5 Å². The molecule has 0 aliphatic carbocycles. The van der Waals surface area contributed by atoms with Crippen molar-refractivity contribution in [3.05, 3.63) is 70.8 Å². The Morgan fingerprint density at radius 1 is 1.00 bits per heavy atom. The molecule has 21 heavy (non-hydrogen) atoms. The quantitative estimate of drug-likeness (QED) is 0.589. The SMILES string of the molecule is Cc1cc2c(C#Cc3ccc(C#N)cc3)nc(C)cn2c1. The second-order valence-corrected chi connectivity index (χ2v) is 4.98. The van der Waals surface area contributed by atoms with Crippen LogP contribution in [0.1, 0.15) is 28.1 Å². The van der Waals surface area contributed by atoms with Crippen molar-refractivity contribution in [2.75, 3.05) is 0 Å². The van der Waals surface area contributed by atoms with Crippen molar-refractivity contribution < 1.29 is 0 Å². The molecule has 0 atom stereocenters. The number of rotatable bonds is 0. The molecule has 0 spiro atoms. The summed E-state index contributed by atoms with van der Waals surface area (Å²) in [4.78, 5) is 4.52.